The monoisotopic (exact) mass is 360 g/mol. The van der Waals surface area contributed by atoms with Gasteiger partial charge in [0.25, 0.3) is 0 Å². The molecule has 1 aliphatic heterocycles. The van der Waals surface area contributed by atoms with Gasteiger partial charge in [0, 0.05) is 23.8 Å². The van der Waals surface area contributed by atoms with Crippen LogP contribution in [0.25, 0.3) is 0 Å². The Morgan fingerprint density at radius 1 is 1.08 bits per heavy atom. The molecule has 3 rings (SSSR count). The van der Waals surface area contributed by atoms with E-state index in [1.54, 1.807) is 0 Å². The number of carbonyl (C=O) groups is 1. The van der Waals surface area contributed by atoms with Crippen LogP contribution in [0.15, 0.2) is 48.5 Å². The maximum atomic E-state index is 12.1. The molecule has 0 saturated carbocycles. The maximum Gasteiger partial charge on any atom is 0.238 e. The van der Waals surface area contributed by atoms with Gasteiger partial charge in [-0.2, -0.15) is 0 Å². The summed E-state index contributed by atoms with van der Waals surface area (Å²) in [6, 6.07) is 14.9. The summed E-state index contributed by atoms with van der Waals surface area (Å²) >= 11 is 5.86. The number of benzene rings is 2. The summed E-state index contributed by atoms with van der Waals surface area (Å²) in [6.07, 6.45) is 0. The molecule has 1 aliphatic rings. The zero-order valence-electron chi connectivity index (χ0n) is 13.9. The highest BCUT2D eigenvalue weighted by atomic mass is 35.5. The average molecular weight is 361 g/mol. The number of hydrogen-bond donors (Lipinski definition) is 1. The second kappa shape index (κ2) is 8.85. The molecule has 1 heterocycles. The van der Waals surface area contributed by atoms with E-state index in [2.05, 4.69) is 10.2 Å². The van der Waals surface area contributed by atoms with Crippen LogP contribution in [0, 0.1) is 0 Å². The van der Waals surface area contributed by atoms with Gasteiger partial charge in [0.2, 0.25) is 5.91 Å². The number of ether oxygens (including phenoxy) is 2. The second-order valence-electron chi connectivity index (χ2n) is 5.88. The molecule has 1 amide bonds. The van der Waals surface area contributed by atoms with Crippen LogP contribution in [-0.4, -0.2) is 43.7 Å². The van der Waals surface area contributed by atoms with Gasteiger partial charge in [-0.1, -0.05) is 23.7 Å². The van der Waals surface area contributed by atoms with Crippen LogP contribution >= 0.6 is 11.6 Å². The fourth-order valence-corrected chi connectivity index (χ4v) is 2.67. The van der Waals surface area contributed by atoms with Crippen LogP contribution in [0.5, 0.6) is 5.75 Å². The summed E-state index contributed by atoms with van der Waals surface area (Å²) in [5.41, 5.74) is 1.81. The lowest BCUT2D eigenvalue weighted by Crippen LogP contribution is -2.41. The van der Waals surface area contributed by atoms with Crippen molar-refractivity contribution in [3.8, 4) is 5.75 Å². The van der Waals surface area contributed by atoms with Crippen LogP contribution in [0.3, 0.4) is 0 Å². The van der Waals surface area contributed by atoms with Crippen LogP contribution in [0.2, 0.25) is 5.02 Å². The zero-order chi connectivity index (χ0) is 17.5. The number of carbonyl (C=O) groups excluding carboxylic acids is 1. The first-order chi connectivity index (χ1) is 12.2. The number of hydrogen-bond acceptors (Lipinski definition) is 4. The highest BCUT2D eigenvalue weighted by Crippen LogP contribution is 2.18. The summed E-state index contributed by atoms with van der Waals surface area (Å²) in [6.45, 7) is 3.83. The van der Waals surface area contributed by atoms with Crippen molar-refractivity contribution in [3.05, 3.63) is 59.1 Å². The van der Waals surface area contributed by atoms with E-state index in [9.17, 15) is 4.79 Å². The Morgan fingerprint density at radius 3 is 2.44 bits per heavy atom. The number of anilines is 1. The van der Waals surface area contributed by atoms with E-state index < -0.39 is 0 Å². The van der Waals surface area contributed by atoms with Gasteiger partial charge in [-0.15, -0.1) is 0 Å². The van der Waals surface area contributed by atoms with Gasteiger partial charge in [-0.05, 0) is 42.0 Å². The molecule has 0 bridgehead atoms. The van der Waals surface area contributed by atoms with Crippen LogP contribution in [0.4, 0.5) is 5.69 Å². The van der Waals surface area contributed by atoms with Gasteiger partial charge in [-0.25, -0.2) is 0 Å². The predicted molar refractivity (Wildman–Crippen MR) is 98.1 cm³/mol. The molecular formula is C19H21ClN2O3. The highest BCUT2D eigenvalue weighted by molar-refractivity contribution is 6.30. The predicted octanol–water partition coefficient (Wildman–Crippen LogP) is 3.19. The third-order valence-corrected chi connectivity index (χ3v) is 4.18. The number of rotatable bonds is 6. The summed E-state index contributed by atoms with van der Waals surface area (Å²) in [5, 5.41) is 3.61. The number of amides is 1. The fourth-order valence-electron chi connectivity index (χ4n) is 2.54. The third-order valence-electron chi connectivity index (χ3n) is 3.93. The first-order valence-corrected chi connectivity index (χ1v) is 8.64. The first-order valence-electron chi connectivity index (χ1n) is 8.26. The summed E-state index contributed by atoms with van der Waals surface area (Å²) in [4.78, 5) is 14.2. The molecule has 2 aromatic rings. The van der Waals surface area contributed by atoms with E-state index in [4.69, 9.17) is 21.1 Å². The molecule has 6 heteroatoms. The Balaban J connectivity index is 1.46. The van der Waals surface area contributed by atoms with Crippen molar-refractivity contribution in [2.75, 3.05) is 38.2 Å². The Labute approximate surface area is 152 Å². The Hall–Kier alpha value is -2.08. The molecule has 25 heavy (non-hydrogen) atoms. The molecule has 0 spiro atoms. The smallest absolute Gasteiger partial charge is 0.238 e. The minimum absolute atomic E-state index is 0.0169. The van der Waals surface area contributed by atoms with Crippen molar-refractivity contribution in [2.45, 2.75) is 6.61 Å². The molecule has 1 fully saturated rings. The molecule has 132 valence electrons. The lowest BCUT2D eigenvalue weighted by molar-refractivity contribution is -0.118. The van der Waals surface area contributed by atoms with E-state index >= 15 is 0 Å². The van der Waals surface area contributed by atoms with Gasteiger partial charge in [-0.3, -0.25) is 9.69 Å². The lowest BCUT2D eigenvalue weighted by atomic mass is 10.2. The topological polar surface area (TPSA) is 50.8 Å². The SMILES string of the molecule is O=C(CN1CCOCC1)Nc1ccc(OCc2ccc(Cl)cc2)cc1. The van der Waals surface area contributed by atoms with E-state index in [0.29, 0.717) is 31.4 Å². The van der Waals surface area contributed by atoms with Crippen molar-refractivity contribution in [2.24, 2.45) is 0 Å². The van der Waals surface area contributed by atoms with Crippen molar-refractivity contribution >= 4 is 23.2 Å². The molecule has 0 radical (unpaired) electrons. The van der Waals surface area contributed by atoms with Crippen LogP contribution < -0.4 is 10.1 Å². The maximum absolute atomic E-state index is 12.1. The molecular weight excluding hydrogens is 340 g/mol. The van der Waals surface area contributed by atoms with Gasteiger partial charge >= 0.3 is 0 Å². The highest BCUT2D eigenvalue weighted by Gasteiger charge is 2.14. The number of nitrogens with one attached hydrogen (secondary N) is 1. The van der Waals surface area contributed by atoms with Crippen molar-refractivity contribution in [1.82, 2.24) is 4.90 Å². The molecule has 2 aromatic carbocycles. The Kier molecular flexibility index (Phi) is 6.28. The molecule has 1 N–H and O–H groups in total. The van der Waals surface area contributed by atoms with E-state index in [-0.39, 0.29) is 5.91 Å². The second-order valence-corrected chi connectivity index (χ2v) is 6.31. The quantitative estimate of drug-likeness (QED) is 0.859. The van der Waals surface area contributed by atoms with Crippen LogP contribution in [-0.2, 0) is 16.1 Å². The number of nitrogens with zero attached hydrogens (tertiary/aromatic N) is 1. The standard InChI is InChI=1S/C19H21ClN2O3/c20-16-3-1-15(2-4-16)14-25-18-7-5-17(6-8-18)21-19(23)13-22-9-11-24-12-10-22/h1-8H,9-14H2,(H,21,23). The lowest BCUT2D eigenvalue weighted by Gasteiger charge is -2.25. The van der Waals surface area contributed by atoms with Gasteiger partial charge < -0.3 is 14.8 Å². The molecule has 0 unspecified atom stereocenters. The minimum Gasteiger partial charge on any atom is -0.489 e. The van der Waals surface area contributed by atoms with Gasteiger partial charge in [0.1, 0.15) is 12.4 Å². The molecule has 5 nitrogen and oxygen atoms in total. The van der Waals surface area contributed by atoms with E-state index in [0.717, 1.165) is 30.1 Å². The normalized spacial score (nSPS) is 14.9. The molecule has 0 aliphatic carbocycles. The minimum atomic E-state index is -0.0169. The van der Waals surface area contributed by atoms with Crippen LogP contribution in [0.1, 0.15) is 5.56 Å². The van der Waals surface area contributed by atoms with Crippen molar-refractivity contribution in [1.29, 1.82) is 0 Å². The molecule has 0 atom stereocenters. The third kappa shape index (κ3) is 5.74. The Bertz CT molecular complexity index is 683. The van der Waals surface area contributed by atoms with Gasteiger partial charge in [0.15, 0.2) is 0 Å². The fraction of sp³-hybridized carbons (Fsp3) is 0.316. The number of halogens is 1. The van der Waals surface area contributed by atoms with Crippen molar-refractivity contribution in [3.63, 3.8) is 0 Å². The van der Waals surface area contributed by atoms with E-state index in [1.807, 2.05) is 48.5 Å². The Morgan fingerprint density at radius 2 is 1.76 bits per heavy atom. The largest absolute Gasteiger partial charge is 0.489 e. The first kappa shape index (κ1) is 17.7. The van der Waals surface area contributed by atoms with Gasteiger partial charge in [0.05, 0.1) is 19.8 Å². The van der Waals surface area contributed by atoms with E-state index in [1.165, 1.54) is 0 Å². The summed E-state index contributed by atoms with van der Waals surface area (Å²) < 4.78 is 11.0. The zero-order valence-corrected chi connectivity index (χ0v) is 14.7. The summed E-state index contributed by atoms with van der Waals surface area (Å²) in [7, 11) is 0. The number of morpholine rings is 1. The molecule has 1 saturated heterocycles. The summed E-state index contributed by atoms with van der Waals surface area (Å²) in [5.74, 6) is 0.734. The van der Waals surface area contributed by atoms with Crippen molar-refractivity contribution < 1.29 is 14.3 Å². The average Bonchev–Trinajstić information content (AvgIpc) is 2.63. The molecule has 0 aromatic heterocycles.